The van der Waals surface area contributed by atoms with Crippen molar-refractivity contribution in [3.8, 4) is 11.5 Å². The van der Waals surface area contributed by atoms with E-state index in [1.807, 2.05) is 0 Å². The van der Waals surface area contributed by atoms with E-state index in [0.29, 0.717) is 29.2 Å². The predicted octanol–water partition coefficient (Wildman–Crippen LogP) is 5.99. The highest BCUT2D eigenvalue weighted by Crippen LogP contribution is 2.38. The number of fused-ring (bicyclic) bond motifs is 1. The van der Waals surface area contributed by atoms with Gasteiger partial charge >= 0.3 is 18.3 Å². The van der Waals surface area contributed by atoms with Crippen molar-refractivity contribution < 1.29 is 45.6 Å². The van der Waals surface area contributed by atoms with Gasteiger partial charge in [0.05, 0.1) is 30.6 Å². The van der Waals surface area contributed by atoms with Crippen molar-refractivity contribution in [3.63, 3.8) is 0 Å². The lowest BCUT2D eigenvalue weighted by Crippen LogP contribution is -2.29. The normalized spacial score (nSPS) is 13.7. The van der Waals surface area contributed by atoms with Gasteiger partial charge in [0, 0.05) is 30.4 Å². The molecule has 1 atom stereocenters. The van der Waals surface area contributed by atoms with E-state index < -0.39 is 41.0 Å². The van der Waals surface area contributed by atoms with Crippen molar-refractivity contribution in [2.75, 3.05) is 17.2 Å². The smallest absolute Gasteiger partial charge is 0.420 e. The van der Waals surface area contributed by atoms with E-state index in [9.17, 15) is 26.8 Å². The van der Waals surface area contributed by atoms with Gasteiger partial charge < -0.3 is 18.6 Å². The number of anilines is 1. The molecule has 0 amide bonds. The van der Waals surface area contributed by atoms with Gasteiger partial charge in [0.15, 0.2) is 29.5 Å². The Kier molecular flexibility index (Phi) is 10.8. The molecule has 0 aliphatic heterocycles. The molecule has 3 heterocycles. The van der Waals surface area contributed by atoms with Gasteiger partial charge in [-0.05, 0) is 60.2 Å². The summed E-state index contributed by atoms with van der Waals surface area (Å²) in [5.74, 6) is -1.59. The maximum Gasteiger partial charge on any atom is 0.420 e. The Morgan fingerprint density at radius 1 is 1.12 bits per heavy atom. The van der Waals surface area contributed by atoms with Crippen LogP contribution in [0.5, 0.6) is 11.5 Å². The first-order valence-corrected chi connectivity index (χ1v) is 18.2. The minimum absolute atomic E-state index is 0.0209. The van der Waals surface area contributed by atoms with Gasteiger partial charge in [-0.1, -0.05) is 35.3 Å². The first-order chi connectivity index (χ1) is 24.4. The third-order valence-electron chi connectivity index (χ3n) is 8.06. The van der Waals surface area contributed by atoms with Gasteiger partial charge in [-0.2, -0.15) is 8.78 Å². The van der Waals surface area contributed by atoms with Gasteiger partial charge in [0.25, 0.3) is 0 Å². The van der Waals surface area contributed by atoms with E-state index in [4.69, 9.17) is 37.1 Å². The van der Waals surface area contributed by atoms with E-state index in [1.165, 1.54) is 55.0 Å². The highest BCUT2D eigenvalue weighted by Gasteiger charge is 2.27. The summed E-state index contributed by atoms with van der Waals surface area (Å²) in [6.45, 7) is -3.41. The third kappa shape index (κ3) is 8.96. The lowest BCUT2D eigenvalue weighted by Gasteiger charge is -2.22. The van der Waals surface area contributed by atoms with Crippen molar-refractivity contribution >= 4 is 56.0 Å². The molecule has 17 heteroatoms. The van der Waals surface area contributed by atoms with E-state index in [2.05, 4.69) is 14.7 Å². The SMILES string of the molecule is CS(=O)(=O)N(Cc1cccnc1)c1ccc2c(c1)oc(=O)n2CC(=O)O[C@@H](Cc1c(Cl)c[nH+]cc1Cl)c1ccc(OC(F)F)c(OCC2CC2)c1. The van der Waals surface area contributed by atoms with Gasteiger partial charge in [-0.25, -0.2) is 18.2 Å². The molecular weight excluding hydrogens is 733 g/mol. The number of esters is 1. The lowest BCUT2D eigenvalue weighted by molar-refractivity contribution is -0.377. The number of pyridine rings is 2. The molecule has 1 saturated carbocycles. The Morgan fingerprint density at radius 3 is 2.55 bits per heavy atom. The predicted molar refractivity (Wildman–Crippen MR) is 183 cm³/mol. The molecule has 0 unspecified atom stereocenters. The number of halogens is 4. The molecule has 2 aromatic carbocycles. The highest BCUT2D eigenvalue weighted by atomic mass is 35.5. The number of carbonyl (C=O) groups is 1. The molecule has 5 aromatic rings. The van der Waals surface area contributed by atoms with E-state index in [1.54, 1.807) is 18.3 Å². The Balaban J connectivity index is 1.29. The number of H-pyrrole nitrogens is 1. The summed E-state index contributed by atoms with van der Waals surface area (Å²) in [5, 5.41) is 0.511. The van der Waals surface area contributed by atoms with Crippen LogP contribution < -0.4 is 24.5 Å². The minimum Gasteiger partial charge on any atom is -0.489 e. The lowest BCUT2D eigenvalue weighted by atomic mass is 10.0. The number of alkyl halides is 2. The first-order valence-electron chi connectivity index (χ1n) is 15.6. The number of benzene rings is 2. The van der Waals surface area contributed by atoms with E-state index in [-0.39, 0.29) is 51.3 Å². The van der Waals surface area contributed by atoms with Crippen LogP contribution in [0.4, 0.5) is 14.5 Å². The summed E-state index contributed by atoms with van der Waals surface area (Å²) < 4.78 is 75.8. The van der Waals surface area contributed by atoms with Gasteiger partial charge in [-0.15, -0.1) is 0 Å². The average Bonchev–Trinajstić information content (AvgIpc) is 3.86. The fourth-order valence-electron chi connectivity index (χ4n) is 5.35. The topological polar surface area (TPSA) is 144 Å². The molecular formula is C34H31Cl2F2N4O8S+. The molecule has 1 aliphatic rings. The number of hydrogen-bond acceptors (Lipinski definition) is 9. The molecule has 51 heavy (non-hydrogen) atoms. The zero-order valence-corrected chi connectivity index (χ0v) is 29.3. The Hall–Kier alpha value is -4.73. The Bertz CT molecular complexity index is 2200. The summed E-state index contributed by atoms with van der Waals surface area (Å²) >= 11 is 12.9. The zero-order chi connectivity index (χ0) is 36.3. The average molecular weight is 765 g/mol. The van der Waals surface area contributed by atoms with Crippen LogP contribution in [-0.4, -0.2) is 43.4 Å². The van der Waals surface area contributed by atoms with Gasteiger partial charge in [0.1, 0.15) is 22.7 Å². The zero-order valence-electron chi connectivity index (χ0n) is 26.9. The molecule has 0 saturated heterocycles. The monoisotopic (exact) mass is 763 g/mol. The Labute approximate surface area is 300 Å². The summed E-state index contributed by atoms with van der Waals surface area (Å²) in [6.07, 6.45) is 7.97. The van der Waals surface area contributed by atoms with E-state index >= 15 is 0 Å². The Morgan fingerprint density at radius 2 is 1.88 bits per heavy atom. The molecule has 0 bridgehead atoms. The second-order valence-corrected chi connectivity index (χ2v) is 14.6. The van der Waals surface area contributed by atoms with Crippen molar-refractivity contribution in [2.24, 2.45) is 5.92 Å². The first kappa shape index (κ1) is 36.1. The second-order valence-electron chi connectivity index (χ2n) is 11.9. The summed E-state index contributed by atoms with van der Waals surface area (Å²) in [4.78, 5) is 33.4. The number of ether oxygens (including phenoxy) is 3. The number of carbonyl (C=O) groups excluding carboxylic acids is 1. The molecule has 6 rings (SSSR count). The number of hydrogen-bond donors (Lipinski definition) is 0. The largest absolute Gasteiger partial charge is 0.489 e. The number of aromatic amines is 1. The van der Waals surface area contributed by atoms with Crippen LogP contribution in [0.15, 0.2) is 82.5 Å². The molecule has 268 valence electrons. The molecule has 1 fully saturated rings. The van der Waals surface area contributed by atoms with Crippen LogP contribution in [-0.2, 0) is 39.1 Å². The number of rotatable bonds is 15. The minimum atomic E-state index is -3.77. The molecule has 12 nitrogen and oxygen atoms in total. The van der Waals surface area contributed by atoms with Crippen LogP contribution in [0.25, 0.3) is 11.1 Å². The highest BCUT2D eigenvalue weighted by molar-refractivity contribution is 7.92. The van der Waals surface area contributed by atoms with Crippen molar-refractivity contribution in [2.45, 2.75) is 45.1 Å². The maximum absolute atomic E-state index is 13.5. The number of aromatic nitrogens is 3. The third-order valence-corrected chi connectivity index (χ3v) is 9.88. The number of nitrogens with zero attached hydrogens (tertiary/aromatic N) is 3. The fourth-order valence-corrected chi connectivity index (χ4v) is 6.76. The number of nitrogens with one attached hydrogen (secondary N) is 1. The molecule has 0 radical (unpaired) electrons. The summed E-state index contributed by atoms with van der Waals surface area (Å²) in [6, 6.07) is 12.0. The van der Waals surface area contributed by atoms with Crippen LogP contribution in [0.3, 0.4) is 0 Å². The second kappa shape index (κ2) is 15.3. The van der Waals surface area contributed by atoms with Crippen LogP contribution in [0.1, 0.15) is 35.6 Å². The van der Waals surface area contributed by atoms with E-state index in [0.717, 1.165) is 28.0 Å². The molecule has 0 spiro atoms. The van der Waals surface area contributed by atoms with Crippen molar-refractivity contribution in [1.29, 1.82) is 0 Å². The molecule has 1 aliphatic carbocycles. The van der Waals surface area contributed by atoms with Gasteiger partial charge in [0.2, 0.25) is 10.0 Å². The number of sulfonamides is 1. The molecule has 3 aromatic heterocycles. The fraction of sp³-hybridized carbons (Fsp3) is 0.294. The van der Waals surface area contributed by atoms with Crippen molar-refractivity contribution in [1.82, 2.24) is 9.55 Å². The summed E-state index contributed by atoms with van der Waals surface area (Å²) in [7, 11) is -3.77. The van der Waals surface area contributed by atoms with Crippen molar-refractivity contribution in [3.05, 3.63) is 111 Å². The number of oxazole rings is 1. The molecule has 1 N–H and O–H groups in total. The maximum atomic E-state index is 13.5. The van der Waals surface area contributed by atoms with Crippen LogP contribution >= 0.6 is 23.2 Å². The standard InChI is InChI=1S/C34H30Cl2F2N4O8S/c1-51(45,46)42(17-21-3-2-10-39-14-21)23-7-8-27-30(12-23)50-34(44)41(27)18-32(43)48-29(13-24-25(35)15-40-16-26(24)36)22-6-9-28(49-33(37)38)31(11-22)47-19-20-4-5-20/h2-3,6-12,14-16,20,29,33H,4-5,13,17-19H2,1H3/p+1/t29-/m0/s1. The van der Waals surface area contributed by atoms with Crippen LogP contribution in [0, 0.1) is 5.92 Å². The quantitative estimate of drug-likeness (QED) is 0.117. The van der Waals surface area contributed by atoms with Crippen LogP contribution in [0.2, 0.25) is 10.0 Å². The van der Waals surface area contributed by atoms with Gasteiger partial charge in [-0.3, -0.25) is 18.7 Å². The summed E-state index contributed by atoms with van der Waals surface area (Å²) in [5.41, 5.74) is 1.90.